The van der Waals surface area contributed by atoms with Gasteiger partial charge in [0.05, 0.1) is 15.6 Å². The molecule has 2 N–H and O–H groups in total. The molecule has 138 valence electrons. The number of carbonyl (C=O) groups excluding carboxylic acids is 1. The Morgan fingerprint density at radius 3 is 1.96 bits per heavy atom. The zero-order chi connectivity index (χ0) is 20.0. The molecule has 0 aliphatic rings. The summed E-state index contributed by atoms with van der Waals surface area (Å²) in [5, 5.41) is 10.5. The van der Waals surface area contributed by atoms with E-state index >= 15 is 0 Å². The van der Waals surface area contributed by atoms with Crippen molar-refractivity contribution in [3.05, 3.63) is 44.7 Å². The largest absolute Gasteiger partial charge is 0.436 e. The van der Waals surface area contributed by atoms with Crippen molar-refractivity contribution in [1.29, 1.82) is 5.26 Å². The van der Waals surface area contributed by atoms with Gasteiger partial charge in [-0.05, 0) is 12.1 Å². The fourth-order valence-electron chi connectivity index (χ4n) is 2.04. The highest BCUT2D eigenvalue weighted by Gasteiger charge is 2.41. The number of benzene rings is 1. The summed E-state index contributed by atoms with van der Waals surface area (Å²) in [6, 6.07) is 1.91. The topological polar surface area (TPSA) is 84.7 Å². The lowest BCUT2D eigenvalue weighted by Gasteiger charge is -2.13. The molecule has 0 aliphatic heterocycles. The summed E-state index contributed by atoms with van der Waals surface area (Å²) in [6.45, 7) is 0. The van der Waals surface area contributed by atoms with Gasteiger partial charge in [0, 0.05) is 0 Å². The molecule has 0 bridgehead atoms. The van der Waals surface area contributed by atoms with Gasteiger partial charge in [0.25, 0.3) is 5.91 Å². The Morgan fingerprint density at radius 2 is 1.62 bits per heavy atom. The minimum atomic E-state index is -5.15. The Morgan fingerprint density at radius 1 is 1.12 bits per heavy atom. The summed E-state index contributed by atoms with van der Waals surface area (Å²) in [4.78, 5) is 11.5. The third-order valence-electron chi connectivity index (χ3n) is 3.06. The molecule has 0 saturated carbocycles. The number of halogens is 8. The number of carbonyl (C=O) groups is 1. The van der Waals surface area contributed by atoms with Crippen molar-refractivity contribution >= 4 is 29.1 Å². The normalized spacial score (nSPS) is 12.1. The second-order valence-corrected chi connectivity index (χ2v) is 5.56. The summed E-state index contributed by atoms with van der Waals surface area (Å²) in [7, 11) is 0. The summed E-state index contributed by atoms with van der Waals surface area (Å²) < 4.78 is 77.6. The summed E-state index contributed by atoms with van der Waals surface area (Å²) >= 11 is 11.4. The average molecular weight is 417 g/mol. The maximum absolute atomic E-state index is 13.0. The molecular weight excluding hydrogens is 413 g/mol. The minimum Gasteiger partial charge on any atom is -0.364 e. The van der Waals surface area contributed by atoms with E-state index in [1.54, 1.807) is 0 Å². The molecule has 0 fully saturated rings. The van der Waals surface area contributed by atoms with Crippen molar-refractivity contribution < 1.29 is 31.1 Å². The van der Waals surface area contributed by atoms with Crippen LogP contribution in [0.25, 0.3) is 5.69 Å². The first-order chi connectivity index (χ1) is 11.8. The molecule has 0 radical (unpaired) electrons. The average Bonchev–Trinajstić information content (AvgIpc) is 2.84. The molecule has 0 aliphatic carbocycles. The third-order valence-corrected chi connectivity index (χ3v) is 3.63. The predicted octanol–water partition coefficient (Wildman–Crippen LogP) is 4.19. The van der Waals surface area contributed by atoms with Crippen LogP contribution >= 0.6 is 23.2 Å². The van der Waals surface area contributed by atoms with Crippen molar-refractivity contribution in [3.63, 3.8) is 0 Å². The van der Waals surface area contributed by atoms with Gasteiger partial charge in [0.1, 0.15) is 23.0 Å². The van der Waals surface area contributed by atoms with E-state index in [0.717, 1.165) is 6.07 Å². The fraction of sp³-hybridized carbons (Fsp3) is 0.154. The lowest BCUT2D eigenvalue weighted by molar-refractivity contribution is -0.141. The van der Waals surface area contributed by atoms with Gasteiger partial charge in [-0.2, -0.15) is 36.7 Å². The van der Waals surface area contributed by atoms with Crippen LogP contribution in [0, 0.1) is 11.3 Å². The standard InChI is InChI=1S/C13H4Cl2F6N4O/c14-6-1-4(12(16,17)18)2-7(15)9(6)25-8(11(23)26)5(3-22)10(24-25)13(19,20)21/h1-2H,(H2,23,26). The molecule has 26 heavy (non-hydrogen) atoms. The molecule has 13 heteroatoms. The van der Waals surface area contributed by atoms with E-state index in [2.05, 4.69) is 5.10 Å². The highest BCUT2D eigenvalue weighted by Crippen LogP contribution is 2.39. The maximum atomic E-state index is 13.0. The van der Waals surface area contributed by atoms with Crippen LogP contribution in [0.1, 0.15) is 27.3 Å². The third kappa shape index (κ3) is 3.42. The molecule has 1 amide bonds. The van der Waals surface area contributed by atoms with Gasteiger partial charge in [-0.1, -0.05) is 23.2 Å². The number of hydrogen-bond donors (Lipinski definition) is 1. The lowest BCUT2D eigenvalue weighted by atomic mass is 10.1. The second kappa shape index (κ2) is 6.37. The first kappa shape index (κ1) is 19.9. The molecule has 2 aromatic rings. The number of hydrogen-bond acceptors (Lipinski definition) is 3. The highest BCUT2D eigenvalue weighted by atomic mass is 35.5. The Bertz CT molecular complexity index is 919. The Labute approximate surface area is 150 Å². The quantitative estimate of drug-likeness (QED) is 0.744. The summed E-state index contributed by atoms with van der Waals surface area (Å²) in [5.41, 5.74) is -0.941. The summed E-state index contributed by atoms with van der Waals surface area (Å²) in [5.74, 6) is -1.49. The lowest BCUT2D eigenvalue weighted by Crippen LogP contribution is -2.19. The van der Waals surface area contributed by atoms with Gasteiger partial charge in [-0.25, -0.2) is 4.68 Å². The molecule has 1 aromatic carbocycles. The van der Waals surface area contributed by atoms with Gasteiger partial charge in [-0.3, -0.25) is 4.79 Å². The van der Waals surface area contributed by atoms with Crippen molar-refractivity contribution in [1.82, 2.24) is 9.78 Å². The Kier molecular flexibility index (Phi) is 4.87. The molecule has 0 atom stereocenters. The van der Waals surface area contributed by atoms with Crippen molar-refractivity contribution in [2.45, 2.75) is 12.4 Å². The number of alkyl halides is 6. The number of nitriles is 1. The first-order valence-corrected chi connectivity index (χ1v) is 7.01. The molecule has 0 saturated heterocycles. The van der Waals surface area contributed by atoms with Crippen LogP contribution in [-0.4, -0.2) is 15.7 Å². The second-order valence-electron chi connectivity index (χ2n) is 4.74. The van der Waals surface area contributed by atoms with Crippen LogP contribution in [0.5, 0.6) is 0 Å². The van der Waals surface area contributed by atoms with Crippen LogP contribution < -0.4 is 5.73 Å². The fourth-order valence-corrected chi connectivity index (χ4v) is 2.69. The molecule has 0 unspecified atom stereocenters. The molecule has 5 nitrogen and oxygen atoms in total. The first-order valence-electron chi connectivity index (χ1n) is 6.25. The van der Waals surface area contributed by atoms with Crippen LogP contribution in [0.4, 0.5) is 26.3 Å². The van der Waals surface area contributed by atoms with E-state index < -0.39 is 56.5 Å². The maximum Gasteiger partial charge on any atom is 0.436 e. The van der Waals surface area contributed by atoms with E-state index in [4.69, 9.17) is 34.2 Å². The SMILES string of the molecule is N#Cc1c(C(F)(F)F)nn(-c2c(Cl)cc(C(F)(F)F)cc2Cl)c1C(N)=O. The summed E-state index contributed by atoms with van der Waals surface area (Å²) in [6.07, 6.45) is -9.98. The van der Waals surface area contributed by atoms with E-state index in [1.165, 1.54) is 0 Å². The predicted molar refractivity (Wildman–Crippen MR) is 76.8 cm³/mol. The number of rotatable bonds is 2. The number of amides is 1. The Balaban J connectivity index is 2.88. The van der Waals surface area contributed by atoms with E-state index in [1.807, 2.05) is 0 Å². The van der Waals surface area contributed by atoms with Crippen molar-refractivity contribution in [2.24, 2.45) is 5.73 Å². The van der Waals surface area contributed by atoms with Crippen LogP contribution in [-0.2, 0) is 12.4 Å². The highest BCUT2D eigenvalue weighted by molar-refractivity contribution is 6.38. The molecule has 0 spiro atoms. The van der Waals surface area contributed by atoms with Crippen molar-refractivity contribution in [2.75, 3.05) is 0 Å². The minimum absolute atomic E-state index is 0.203. The van der Waals surface area contributed by atoms with E-state index in [9.17, 15) is 31.1 Å². The Hall–Kier alpha value is -2.45. The molecule has 2 rings (SSSR count). The number of primary amides is 1. The molecule has 1 heterocycles. The van der Waals surface area contributed by atoms with E-state index in [0.29, 0.717) is 12.1 Å². The number of nitrogens with zero attached hydrogens (tertiary/aromatic N) is 3. The smallest absolute Gasteiger partial charge is 0.364 e. The van der Waals surface area contributed by atoms with Crippen molar-refractivity contribution in [3.8, 4) is 11.8 Å². The van der Waals surface area contributed by atoms with Gasteiger partial charge in [0.15, 0.2) is 5.69 Å². The van der Waals surface area contributed by atoms with E-state index in [-0.39, 0.29) is 4.68 Å². The zero-order valence-electron chi connectivity index (χ0n) is 12.0. The number of aromatic nitrogens is 2. The van der Waals surface area contributed by atoms with Gasteiger partial charge < -0.3 is 5.73 Å². The van der Waals surface area contributed by atoms with Crippen LogP contribution in [0.15, 0.2) is 12.1 Å². The molecular formula is C13H4Cl2F6N4O. The van der Waals surface area contributed by atoms with Gasteiger partial charge in [0.2, 0.25) is 0 Å². The number of nitrogens with two attached hydrogens (primary N) is 1. The zero-order valence-corrected chi connectivity index (χ0v) is 13.5. The van der Waals surface area contributed by atoms with Crippen LogP contribution in [0.2, 0.25) is 10.0 Å². The molecule has 1 aromatic heterocycles. The monoisotopic (exact) mass is 416 g/mol. The van der Waals surface area contributed by atoms with Gasteiger partial charge in [-0.15, -0.1) is 0 Å². The van der Waals surface area contributed by atoms with Gasteiger partial charge >= 0.3 is 12.4 Å². The van der Waals surface area contributed by atoms with Crippen LogP contribution in [0.3, 0.4) is 0 Å².